The van der Waals surface area contributed by atoms with E-state index in [9.17, 15) is 22.4 Å². The lowest BCUT2D eigenvalue weighted by molar-refractivity contribution is -0.132. The molecule has 0 aliphatic heterocycles. The number of Topliss-reactive ketones (excluding diaryl/α,β-unsaturated/α-hetero) is 1. The van der Waals surface area contributed by atoms with Crippen LogP contribution in [0.1, 0.15) is 5.56 Å². The van der Waals surface area contributed by atoms with Crippen LogP contribution in [0.4, 0.5) is 17.6 Å². The highest BCUT2D eigenvalue weighted by atomic mass is 79.9. The van der Waals surface area contributed by atoms with Gasteiger partial charge in [-0.15, -0.1) is 0 Å². The molecule has 0 unspecified atom stereocenters. The first-order chi connectivity index (χ1) is 7.23. The molecule has 0 radical (unpaired) electrons. The van der Waals surface area contributed by atoms with Gasteiger partial charge in [-0.2, -0.15) is 8.78 Å². The average molecular weight is 319 g/mol. The summed E-state index contributed by atoms with van der Waals surface area (Å²) in [4.78, 5) is 10.8. The van der Waals surface area contributed by atoms with Gasteiger partial charge in [0.2, 0.25) is 5.78 Å². The fourth-order valence-corrected chi connectivity index (χ4v) is 1.43. The molecule has 0 atom stereocenters. The van der Waals surface area contributed by atoms with E-state index in [1.807, 2.05) is 0 Å². The highest BCUT2D eigenvalue weighted by Crippen LogP contribution is 2.26. The summed E-state index contributed by atoms with van der Waals surface area (Å²) in [5.41, 5.74) is -0.736. The minimum Gasteiger partial charge on any atom is -0.291 e. The van der Waals surface area contributed by atoms with Gasteiger partial charge in [-0.1, -0.05) is 0 Å². The molecule has 0 N–H and O–H groups in total. The minimum atomic E-state index is -4.12. The molecule has 0 bridgehead atoms. The predicted molar refractivity (Wildman–Crippen MR) is 53.6 cm³/mol. The summed E-state index contributed by atoms with van der Waals surface area (Å²) >= 11 is 7.19. The Morgan fingerprint density at radius 1 is 1.38 bits per heavy atom. The Morgan fingerprint density at radius 2 is 1.94 bits per heavy atom. The van der Waals surface area contributed by atoms with Crippen molar-refractivity contribution in [1.29, 1.82) is 0 Å². The summed E-state index contributed by atoms with van der Waals surface area (Å²) < 4.78 is 50.9. The van der Waals surface area contributed by atoms with E-state index in [0.717, 1.165) is 12.1 Å². The second-order valence-corrected chi connectivity index (χ2v) is 4.25. The third-order valence-electron chi connectivity index (χ3n) is 1.79. The Morgan fingerprint density at radius 3 is 2.44 bits per heavy atom. The Bertz CT molecular complexity index is 430. The number of carbonyl (C=O) groups excluding carboxylic acids is 1. The number of hydrogen-bond donors (Lipinski definition) is 0. The molecular weight excluding hydrogens is 315 g/mol. The fraction of sp³-hybridized carbons (Fsp3) is 0.222. The lowest BCUT2D eigenvalue weighted by Crippen LogP contribution is -2.24. The number of ketones is 1. The van der Waals surface area contributed by atoms with Crippen molar-refractivity contribution in [3.8, 4) is 0 Å². The number of halogens is 6. The van der Waals surface area contributed by atoms with Gasteiger partial charge in [0.05, 0.1) is 4.47 Å². The fourth-order valence-electron chi connectivity index (χ4n) is 0.992. The van der Waals surface area contributed by atoms with E-state index < -0.39 is 34.8 Å². The van der Waals surface area contributed by atoms with E-state index in [0.29, 0.717) is 0 Å². The number of benzene rings is 1. The van der Waals surface area contributed by atoms with Gasteiger partial charge in [0.25, 0.3) is 0 Å². The van der Waals surface area contributed by atoms with E-state index in [2.05, 4.69) is 27.5 Å². The maximum absolute atomic E-state index is 13.3. The summed E-state index contributed by atoms with van der Waals surface area (Å²) in [5.74, 6) is -3.92. The van der Waals surface area contributed by atoms with Crippen LogP contribution < -0.4 is 0 Å². The summed E-state index contributed by atoms with van der Waals surface area (Å²) in [6.45, 7) is 0. The molecule has 0 heterocycles. The molecule has 0 aliphatic carbocycles. The van der Waals surface area contributed by atoms with Gasteiger partial charge < -0.3 is 0 Å². The molecule has 1 aromatic carbocycles. The van der Waals surface area contributed by atoms with Crippen LogP contribution in [0, 0.1) is 11.6 Å². The van der Waals surface area contributed by atoms with Crippen LogP contribution in [0.3, 0.4) is 0 Å². The zero-order chi connectivity index (χ0) is 12.5. The molecule has 88 valence electrons. The second-order valence-electron chi connectivity index (χ2n) is 2.92. The van der Waals surface area contributed by atoms with E-state index in [1.165, 1.54) is 0 Å². The predicted octanol–water partition coefficient (Wildman–Crippen LogP) is 3.67. The summed E-state index contributed by atoms with van der Waals surface area (Å²) in [7, 11) is 0. The molecule has 0 fully saturated rings. The molecule has 1 nitrogen and oxygen atoms in total. The largest absolute Gasteiger partial charge is 0.380 e. The molecule has 0 spiro atoms. The normalized spacial score (nSPS) is 11.6. The van der Waals surface area contributed by atoms with Crippen LogP contribution in [-0.4, -0.2) is 11.2 Å². The van der Waals surface area contributed by atoms with Crippen LogP contribution in [0.2, 0.25) is 0 Å². The monoisotopic (exact) mass is 318 g/mol. The Labute approximate surface area is 102 Å². The molecule has 7 heteroatoms. The summed E-state index contributed by atoms with van der Waals surface area (Å²) in [6.07, 6.45) is -1.10. The van der Waals surface area contributed by atoms with Crippen molar-refractivity contribution >= 4 is 33.3 Å². The molecular formula is C9H4BrClF4O. The first kappa shape index (κ1) is 13.4. The molecule has 0 saturated carbocycles. The maximum Gasteiger partial charge on any atom is 0.380 e. The van der Waals surface area contributed by atoms with E-state index in [4.69, 9.17) is 0 Å². The number of carbonyl (C=O) groups is 1. The van der Waals surface area contributed by atoms with Crippen molar-refractivity contribution < 1.29 is 22.4 Å². The van der Waals surface area contributed by atoms with Gasteiger partial charge in [-0.3, -0.25) is 4.79 Å². The van der Waals surface area contributed by atoms with Crippen molar-refractivity contribution in [2.24, 2.45) is 0 Å². The van der Waals surface area contributed by atoms with Gasteiger partial charge in [0.1, 0.15) is 11.6 Å². The van der Waals surface area contributed by atoms with Gasteiger partial charge in [-0.05, 0) is 39.7 Å². The van der Waals surface area contributed by atoms with E-state index in [1.54, 1.807) is 0 Å². The Hall–Kier alpha value is -0.620. The molecule has 0 aliphatic rings. The van der Waals surface area contributed by atoms with Crippen molar-refractivity contribution in [1.82, 2.24) is 0 Å². The third-order valence-corrected chi connectivity index (χ3v) is 2.62. The standard InChI is InChI=1S/C9H4BrClF4O/c10-5-1-2-6(12)4(8(5)13)3-7(16)9(11,14)15/h1-2H,3H2. The molecule has 1 aromatic rings. The Balaban J connectivity index is 3.07. The average Bonchev–Trinajstić information content (AvgIpc) is 2.17. The highest BCUT2D eigenvalue weighted by molar-refractivity contribution is 9.10. The molecule has 0 saturated heterocycles. The highest BCUT2D eigenvalue weighted by Gasteiger charge is 2.36. The Kier molecular flexibility index (Phi) is 3.96. The van der Waals surface area contributed by atoms with Crippen molar-refractivity contribution in [2.45, 2.75) is 11.8 Å². The lowest BCUT2D eigenvalue weighted by atomic mass is 10.1. The molecule has 0 aromatic heterocycles. The van der Waals surface area contributed by atoms with Gasteiger partial charge >= 0.3 is 5.38 Å². The first-order valence-corrected chi connectivity index (χ1v) is 5.13. The molecule has 1 rings (SSSR count). The second kappa shape index (κ2) is 4.71. The van der Waals surface area contributed by atoms with Crippen molar-refractivity contribution in [3.05, 3.63) is 33.8 Å². The zero-order valence-electron chi connectivity index (χ0n) is 7.54. The van der Waals surface area contributed by atoms with E-state index in [-0.39, 0.29) is 4.47 Å². The maximum atomic E-state index is 13.3. The summed E-state index contributed by atoms with van der Waals surface area (Å²) in [5, 5.41) is -4.12. The van der Waals surface area contributed by atoms with Crippen LogP contribution in [0.25, 0.3) is 0 Å². The van der Waals surface area contributed by atoms with E-state index >= 15 is 0 Å². The number of hydrogen-bond acceptors (Lipinski definition) is 1. The minimum absolute atomic E-state index is 0.116. The topological polar surface area (TPSA) is 17.1 Å². The lowest BCUT2D eigenvalue weighted by Gasteiger charge is -2.08. The van der Waals surface area contributed by atoms with Crippen molar-refractivity contribution in [2.75, 3.05) is 0 Å². The van der Waals surface area contributed by atoms with Crippen LogP contribution in [-0.2, 0) is 11.2 Å². The smallest absolute Gasteiger partial charge is 0.291 e. The SMILES string of the molecule is O=C(Cc1c(F)ccc(Br)c1F)C(F)(F)Cl. The van der Waals surface area contributed by atoms with Crippen LogP contribution in [0.5, 0.6) is 0 Å². The number of alkyl halides is 3. The number of rotatable bonds is 3. The summed E-state index contributed by atoms with van der Waals surface area (Å²) in [6, 6.07) is 1.93. The zero-order valence-corrected chi connectivity index (χ0v) is 9.88. The van der Waals surface area contributed by atoms with Gasteiger partial charge in [0, 0.05) is 12.0 Å². The van der Waals surface area contributed by atoms with Crippen molar-refractivity contribution in [3.63, 3.8) is 0 Å². The molecule has 16 heavy (non-hydrogen) atoms. The van der Waals surface area contributed by atoms with Crippen LogP contribution >= 0.6 is 27.5 Å². The van der Waals surface area contributed by atoms with Crippen LogP contribution in [0.15, 0.2) is 16.6 Å². The first-order valence-electron chi connectivity index (χ1n) is 3.96. The van der Waals surface area contributed by atoms with Gasteiger partial charge in [0.15, 0.2) is 0 Å². The third kappa shape index (κ3) is 2.95. The molecule has 0 amide bonds. The quantitative estimate of drug-likeness (QED) is 0.472. The van der Waals surface area contributed by atoms with Gasteiger partial charge in [-0.25, -0.2) is 8.78 Å².